The van der Waals surface area contributed by atoms with Crippen molar-refractivity contribution in [2.75, 3.05) is 0 Å². The fourth-order valence-electron chi connectivity index (χ4n) is 1.29. The molecule has 7 heteroatoms. The number of carbonyl (C=O) groups excluding carboxylic acids is 2. The van der Waals surface area contributed by atoms with E-state index >= 15 is 0 Å². The maximum absolute atomic E-state index is 11.3. The van der Waals surface area contributed by atoms with E-state index in [1.807, 2.05) is 6.92 Å². The van der Waals surface area contributed by atoms with E-state index in [0.717, 1.165) is 6.42 Å². The molecule has 0 aromatic heterocycles. The molecule has 0 bridgehead atoms. The monoisotopic (exact) mass is 229 g/mol. The Morgan fingerprint density at radius 3 is 2.44 bits per heavy atom. The van der Waals surface area contributed by atoms with Gasteiger partial charge in [0, 0.05) is 6.04 Å². The molecule has 3 amide bonds. The minimum Gasteiger partial charge on any atom is -0.480 e. The molecule has 5 N–H and O–H groups in total. The summed E-state index contributed by atoms with van der Waals surface area (Å²) in [5.41, 5.74) is 4.87. The van der Waals surface area contributed by atoms with E-state index in [4.69, 9.17) is 10.8 Å². The second-order valence-electron chi connectivity index (χ2n) is 4.00. The van der Waals surface area contributed by atoms with Crippen LogP contribution in [0.5, 0.6) is 0 Å². The van der Waals surface area contributed by atoms with E-state index in [1.54, 1.807) is 0 Å². The van der Waals surface area contributed by atoms with Gasteiger partial charge in [-0.3, -0.25) is 4.79 Å². The smallest absolute Gasteiger partial charge is 0.326 e. The Bertz CT molecular complexity index is 318. The van der Waals surface area contributed by atoms with Gasteiger partial charge in [0.2, 0.25) is 5.91 Å². The number of nitrogens with two attached hydrogens (primary N) is 1. The van der Waals surface area contributed by atoms with E-state index in [0.29, 0.717) is 5.92 Å². The molecule has 0 heterocycles. The average Bonchev–Trinajstić information content (AvgIpc) is 2.79. The maximum atomic E-state index is 11.3. The first-order chi connectivity index (χ1) is 7.40. The van der Waals surface area contributed by atoms with Gasteiger partial charge in [-0.05, 0) is 12.3 Å². The molecule has 1 aliphatic carbocycles. The summed E-state index contributed by atoms with van der Waals surface area (Å²) in [4.78, 5) is 32.6. The molecular weight excluding hydrogens is 214 g/mol. The van der Waals surface area contributed by atoms with Crippen molar-refractivity contribution >= 4 is 17.9 Å². The predicted molar refractivity (Wildman–Crippen MR) is 54.5 cm³/mol. The van der Waals surface area contributed by atoms with Crippen LogP contribution in [0.2, 0.25) is 0 Å². The van der Waals surface area contributed by atoms with Crippen molar-refractivity contribution in [2.24, 2.45) is 11.7 Å². The van der Waals surface area contributed by atoms with Crippen LogP contribution < -0.4 is 16.4 Å². The van der Waals surface area contributed by atoms with Crippen molar-refractivity contribution in [3.63, 3.8) is 0 Å². The molecule has 0 radical (unpaired) electrons. The number of carboxylic acid groups (broad SMARTS) is 1. The second kappa shape index (κ2) is 4.82. The number of rotatable bonds is 5. The third-order valence-corrected chi connectivity index (χ3v) is 2.43. The van der Waals surface area contributed by atoms with Gasteiger partial charge in [0.25, 0.3) is 0 Å². The number of urea groups is 1. The molecule has 0 saturated heterocycles. The van der Waals surface area contributed by atoms with E-state index in [-0.39, 0.29) is 6.04 Å². The molecule has 3 unspecified atom stereocenters. The van der Waals surface area contributed by atoms with Crippen LogP contribution in [0.25, 0.3) is 0 Å². The Morgan fingerprint density at radius 1 is 1.50 bits per heavy atom. The number of primary amides is 1. The van der Waals surface area contributed by atoms with Crippen LogP contribution in [-0.4, -0.2) is 35.1 Å². The molecular formula is C9H15N3O4. The van der Waals surface area contributed by atoms with Crippen LogP contribution in [-0.2, 0) is 9.59 Å². The Labute approximate surface area is 92.4 Å². The molecule has 16 heavy (non-hydrogen) atoms. The van der Waals surface area contributed by atoms with E-state index in [9.17, 15) is 14.4 Å². The standard InChI is InChI=1S/C9H15N3O4/c1-4-2-5(4)11-9(16)12-6(8(14)15)3-7(10)13/h4-6H,2-3H2,1H3,(H2,10,13)(H,14,15)(H2,11,12,16). The van der Waals surface area contributed by atoms with E-state index in [1.165, 1.54) is 0 Å². The largest absolute Gasteiger partial charge is 0.480 e. The van der Waals surface area contributed by atoms with Gasteiger partial charge in [-0.25, -0.2) is 9.59 Å². The lowest BCUT2D eigenvalue weighted by molar-refractivity contribution is -0.140. The number of carbonyl (C=O) groups is 3. The highest BCUT2D eigenvalue weighted by atomic mass is 16.4. The van der Waals surface area contributed by atoms with Crippen LogP contribution >= 0.6 is 0 Å². The van der Waals surface area contributed by atoms with Gasteiger partial charge >= 0.3 is 12.0 Å². The quantitative estimate of drug-likeness (QED) is 0.484. The predicted octanol–water partition coefficient (Wildman–Crippen LogP) is -0.977. The van der Waals surface area contributed by atoms with Gasteiger partial charge in [-0.1, -0.05) is 6.92 Å². The summed E-state index contributed by atoms with van der Waals surface area (Å²) >= 11 is 0. The highest BCUT2D eigenvalue weighted by Crippen LogP contribution is 2.28. The molecule has 1 saturated carbocycles. The summed E-state index contributed by atoms with van der Waals surface area (Å²) in [5, 5.41) is 13.5. The van der Waals surface area contributed by atoms with Crippen LogP contribution in [0.1, 0.15) is 19.8 Å². The number of hydrogen-bond acceptors (Lipinski definition) is 3. The highest BCUT2D eigenvalue weighted by molar-refractivity contribution is 5.87. The Kier molecular flexibility index (Phi) is 3.70. The summed E-state index contributed by atoms with van der Waals surface area (Å²) in [6.07, 6.45) is 0.476. The zero-order chi connectivity index (χ0) is 12.3. The third kappa shape index (κ3) is 3.76. The first kappa shape index (κ1) is 12.3. The Balaban J connectivity index is 2.38. The molecule has 0 aromatic carbocycles. The van der Waals surface area contributed by atoms with Crippen molar-refractivity contribution in [3.05, 3.63) is 0 Å². The van der Waals surface area contributed by atoms with Crippen LogP contribution in [0.3, 0.4) is 0 Å². The molecule has 0 spiro atoms. The summed E-state index contributed by atoms with van der Waals surface area (Å²) in [6, 6.07) is -1.75. The molecule has 1 fully saturated rings. The van der Waals surface area contributed by atoms with Gasteiger partial charge in [0.05, 0.1) is 6.42 Å². The molecule has 1 aliphatic rings. The second-order valence-corrected chi connectivity index (χ2v) is 4.00. The fraction of sp³-hybridized carbons (Fsp3) is 0.667. The SMILES string of the molecule is CC1CC1NC(=O)NC(CC(N)=O)C(=O)O. The van der Waals surface area contributed by atoms with Crippen molar-refractivity contribution in [1.82, 2.24) is 10.6 Å². The molecule has 1 rings (SSSR count). The van der Waals surface area contributed by atoms with Gasteiger partial charge in [0.1, 0.15) is 6.04 Å². The zero-order valence-corrected chi connectivity index (χ0v) is 8.90. The number of nitrogens with one attached hydrogen (secondary N) is 2. The summed E-state index contributed by atoms with van der Waals surface area (Å²) in [6.45, 7) is 1.98. The fourth-order valence-corrected chi connectivity index (χ4v) is 1.29. The van der Waals surface area contributed by atoms with Crippen molar-refractivity contribution in [2.45, 2.75) is 31.8 Å². The summed E-state index contributed by atoms with van der Waals surface area (Å²) in [7, 11) is 0. The molecule has 3 atom stereocenters. The number of amides is 3. The Hall–Kier alpha value is -1.79. The number of hydrogen-bond donors (Lipinski definition) is 4. The number of carboxylic acids is 1. The lowest BCUT2D eigenvalue weighted by Gasteiger charge is -2.13. The van der Waals surface area contributed by atoms with Gasteiger partial charge in [-0.15, -0.1) is 0 Å². The molecule has 0 aliphatic heterocycles. The molecule has 7 nitrogen and oxygen atoms in total. The Morgan fingerprint density at radius 2 is 2.06 bits per heavy atom. The molecule has 90 valence electrons. The van der Waals surface area contributed by atoms with Crippen LogP contribution in [0.15, 0.2) is 0 Å². The summed E-state index contributed by atoms with van der Waals surface area (Å²) < 4.78 is 0. The lowest BCUT2D eigenvalue weighted by Crippen LogP contribution is -2.48. The first-order valence-corrected chi connectivity index (χ1v) is 4.98. The van der Waals surface area contributed by atoms with Crippen molar-refractivity contribution in [3.8, 4) is 0 Å². The maximum Gasteiger partial charge on any atom is 0.326 e. The lowest BCUT2D eigenvalue weighted by atomic mass is 10.2. The minimum atomic E-state index is -1.28. The minimum absolute atomic E-state index is 0.100. The van der Waals surface area contributed by atoms with Gasteiger partial charge in [-0.2, -0.15) is 0 Å². The van der Waals surface area contributed by atoms with E-state index < -0.39 is 30.4 Å². The van der Waals surface area contributed by atoms with Crippen LogP contribution in [0, 0.1) is 5.92 Å². The highest BCUT2D eigenvalue weighted by Gasteiger charge is 2.34. The molecule has 0 aromatic rings. The normalized spacial score (nSPS) is 24.3. The van der Waals surface area contributed by atoms with Crippen LogP contribution in [0.4, 0.5) is 4.79 Å². The summed E-state index contributed by atoms with van der Waals surface area (Å²) in [5.74, 6) is -1.63. The zero-order valence-electron chi connectivity index (χ0n) is 8.90. The van der Waals surface area contributed by atoms with Crippen molar-refractivity contribution in [1.29, 1.82) is 0 Å². The first-order valence-electron chi connectivity index (χ1n) is 4.98. The van der Waals surface area contributed by atoms with Gasteiger partial charge in [0.15, 0.2) is 0 Å². The van der Waals surface area contributed by atoms with Gasteiger partial charge < -0.3 is 21.5 Å². The van der Waals surface area contributed by atoms with E-state index in [2.05, 4.69) is 10.6 Å². The average molecular weight is 229 g/mol. The number of aliphatic carboxylic acids is 1. The topological polar surface area (TPSA) is 122 Å². The third-order valence-electron chi connectivity index (χ3n) is 2.43. The van der Waals surface area contributed by atoms with Crippen molar-refractivity contribution < 1.29 is 19.5 Å².